The van der Waals surface area contributed by atoms with Gasteiger partial charge in [-0.3, -0.25) is 4.79 Å². The highest BCUT2D eigenvalue weighted by atomic mass is 16.5. The number of benzene rings is 1. The zero-order valence-electron chi connectivity index (χ0n) is 10.1. The van der Waals surface area contributed by atoms with Gasteiger partial charge in [0.05, 0.1) is 6.04 Å². The first-order chi connectivity index (χ1) is 8.65. The van der Waals surface area contributed by atoms with Gasteiger partial charge in [0.2, 0.25) is 5.91 Å². The van der Waals surface area contributed by atoms with Crippen molar-refractivity contribution in [2.24, 2.45) is 0 Å². The molecule has 1 saturated heterocycles. The van der Waals surface area contributed by atoms with E-state index in [2.05, 4.69) is 0 Å². The Bertz CT molecular complexity index is 444. The lowest BCUT2D eigenvalue weighted by molar-refractivity contribution is -0.172. The van der Waals surface area contributed by atoms with E-state index in [0.29, 0.717) is 6.54 Å². The van der Waals surface area contributed by atoms with Crippen molar-refractivity contribution in [2.75, 3.05) is 13.2 Å². The van der Waals surface area contributed by atoms with Crippen LogP contribution in [0, 0.1) is 0 Å². The molecule has 2 rings (SSSR count). The van der Waals surface area contributed by atoms with Crippen LogP contribution in [0.5, 0.6) is 0 Å². The first kappa shape index (κ1) is 12.6. The molecule has 0 aliphatic carbocycles. The first-order valence-electron chi connectivity index (χ1n) is 5.84. The van der Waals surface area contributed by atoms with Crippen molar-refractivity contribution < 1.29 is 19.4 Å². The Morgan fingerprint density at radius 1 is 1.44 bits per heavy atom. The van der Waals surface area contributed by atoms with Crippen LogP contribution in [0.4, 0.5) is 0 Å². The summed E-state index contributed by atoms with van der Waals surface area (Å²) in [6.07, 6.45) is -1.01. The minimum Gasteiger partial charge on any atom is -0.479 e. The van der Waals surface area contributed by atoms with Crippen LogP contribution < -0.4 is 0 Å². The zero-order chi connectivity index (χ0) is 13.1. The summed E-state index contributed by atoms with van der Waals surface area (Å²) in [4.78, 5) is 24.6. The monoisotopic (exact) mass is 249 g/mol. The van der Waals surface area contributed by atoms with Crippen LogP contribution in [0.3, 0.4) is 0 Å². The number of carboxylic acids is 1. The van der Waals surface area contributed by atoms with Crippen LogP contribution in [0.2, 0.25) is 0 Å². The van der Waals surface area contributed by atoms with E-state index in [1.54, 1.807) is 4.90 Å². The van der Waals surface area contributed by atoms with Gasteiger partial charge in [-0.15, -0.1) is 0 Å². The van der Waals surface area contributed by atoms with Gasteiger partial charge in [0, 0.05) is 6.54 Å². The number of aliphatic carboxylic acids is 1. The van der Waals surface area contributed by atoms with E-state index in [0.717, 1.165) is 5.56 Å². The number of amides is 1. The van der Waals surface area contributed by atoms with Crippen molar-refractivity contribution in [1.82, 2.24) is 4.90 Å². The number of carboxylic acid groups (broad SMARTS) is 1. The van der Waals surface area contributed by atoms with Crippen molar-refractivity contribution in [3.05, 3.63) is 35.9 Å². The average molecular weight is 249 g/mol. The average Bonchev–Trinajstić information content (AvgIpc) is 2.39. The van der Waals surface area contributed by atoms with Gasteiger partial charge < -0.3 is 14.7 Å². The Kier molecular flexibility index (Phi) is 3.62. The van der Waals surface area contributed by atoms with E-state index in [-0.39, 0.29) is 12.5 Å². The molecule has 1 heterocycles. The maximum Gasteiger partial charge on any atom is 0.335 e. The second-order valence-corrected chi connectivity index (χ2v) is 4.11. The number of nitrogens with zero attached hydrogens (tertiary/aromatic N) is 1. The second-order valence-electron chi connectivity index (χ2n) is 4.11. The molecule has 18 heavy (non-hydrogen) atoms. The lowest BCUT2D eigenvalue weighted by Crippen LogP contribution is -2.51. The van der Waals surface area contributed by atoms with E-state index < -0.39 is 18.1 Å². The summed E-state index contributed by atoms with van der Waals surface area (Å²) in [7, 11) is 0. The summed E-state index contributed by atoms with van der Waals surface area (Å²) >= 11 is 0. The Morgan fingerprint density at radius 2 is 2.11 bits per heavy atom. The van der Waals surface area contributed by atoms with Crippen LogP contribution in [-0.2, 0) is 14.3 Å². The molecule has 0 spiro atoms. The van der Waals surface area contributed by atoms with Crippen LogP contribution in [0.15, 0.2) is 30.3 Å². The number of carbonyl (C=O) groups excluding carboxylic acids is 1. The number of rotatable bonds is 3. The fourth-order valence-corrected chi connectivity index (χ4v) is 2.24. The number of hydrogen-bond donors (Lipinski definition) is 1. The van der Waals surface area contributed by atoms with Crippen LogP contribution in [-0.4, -0.2) is 41.1 Å². The minimum absolute atomic E-state index is 0.172. The van der Waals surface area contributed by atoms with Gasteiger partial charge in [-0.2, -0.15) is 0 Å². The largest absolute Gasteiger partial charge is 0.479 e. The Morgan fingerprint density at radius 3 is 2.67 bits per heavy atom. The molecule has 0 bridgehead atoms. The molecule has 2 atom stereocenters. The Balaban J connectivity index is 2.40. The number of morpholine rings is 1. The summed E-state index contributed by atoms with van der Waals surface area (Å²) in [6.45, 7) is 2.12. The van der Waals surface area contributed by atoms with Crippen LogP contribution >= 0.6 is 0 Å². The zero-order valence-corrected chi connectivity index (χ0v) is 10.1. The SMILES string of the molecule is CCN1C(=O)COC(C(=O)O)C1c1ccccc1. The van der Waals surface area contributed by atoms with Crippen LogP contribution in [0.25, 0.3) is 0 Å². The quantitative estimate of drug-likeness (QED) is 0.869. The van der Waals surface area contributed by atoms with Crippen molar-refractivity contribution in [3.8, 4) is 0 Å². The molecule has 5 heteroatoms. The molecule has 0 aromatic heterocycles. The lowest BCUT2D eigenvalue weighted by Gasteiger charge is -2.38. The van der Waals surface area contributed by atoms with E-state index in [9.17, 15) is 14.7 Å². The molecule has 1 fully saturated rings. The van der Waals surface area contributed by atoms with E-state index in [4.69, 9.17) is 4.74 Å². The number of hydrogen-bond acceptors (Lipinski definition) is 3. The third-order valence-corrected chi connectivity index (χ3v) is 3.05. The highest BCUT2D eigenvalue weighted by molar-refractivity contribution is 5.82. The molecular formula is C13H15NO4. The maximum atomic E-state index is 11.8. The third-order valence-electron chi connectivity index (χ3n) is 3.05. The predicted octanol–water partition coefficient (Wildman–Crippen LogP) is 1.06. The topological polar surface area (TPSA) is 66.8 Å². The number of ether oxygens (including phenoxy) is 1. The van der Waals surface area contributed by atoms with Gasteiger partial charge in [-0.05, 0) is 12.5 Å². The molecule has 1 N–H and O–H groups in total. The smallest absolute Gasteiger partial charge is 0.335 e. The number of likely N-dealkylation sites (N-methyl/N-ethyl adjacent to an activating group) is 1. The summed E-state index contributed by atoms with van der Waals surface area (Å²) in [5.74, 6) is -1.22. The highest BCUT2D eigenvalue weighted by Crippen LogP contribution is 2.29. The van der Waals surface area contributed by atoms with Gasteiger partial charge in [-0.1, -0.05) is 30.3 Å². The van der Waals surface area contributed by atoms with Crippen molar-refractivity contribution in [2.45, 2.75) is 19.1 Å². The predicted molar refractivity (Wildman–Crippen MR) is 63.9 cm³/mol. The van der Waals surface area contributed by atoms with E-state index in [1.165, 1.54) is 0 Å². The van der Waals surface area contributed by atoms with Gasteiger partial charge >= 0.3 is 5.97 Å². The molecule has 1 aliphatic rings. The lowest BCUT2D eigenvalue weighted by atomic mass is 9.98. The molecule has 0 saturated carbocycles. The standard InChI is InChI=1S/C13H15NO4/c1-2-14-10(15)8-18-12(13(16)17)11(14)9-6-4-3-5-7-9/h3-7,11-12H,2,8H2,1H3,(H,16,17). The van der Waals surface area contributed by atoms with Crippen LogP contribution in [0.1, 0.15) is 18.5 Å². The molecule has 2 unspecified atom stereocenters. The normalized spacial score (nSPS) is 24.1. The third kappa shape index (κ3) is 2.22. The molecule has 1 aromatic rings. The maximum absolute atomic E-state index is 11.8. The van der Waals surface area contributed by atoms with Crippen molar-refractivity contribution >= 4 is 11.9 Å². The van der Waals surface area contributed by atoms with E-state index in [1.807, 2.05) is 37.3 Å². The molecule has 1 aromatic carbocycles. The number of carbonyl (C=O) groups is 2. The fraction of sp³-hybridized carbons (Fsp3) is 0.385. The van der Waals surface area contributed by atoms with Gasteiger partial charge in [0.1, 0.15) is 6.61 Å². The fourth-order valence-electron chi connectivity index (χ4n) is 2.24. The molecule has 96 valence electrons. The molecule has 0 radical (unpaired) electrons. The molecule has 5 nitrogen and oxygen atoms in total. The second kappa shape index (κ2) is 5.18. The van der Waals surface area contributed by atoms with Gasteiger partial charge in [0.25, 0.3) is 0 Å². The molecular weight excluding hydrogens is 234 g/mol. The summed E-state index contributed by atoms with van der Waals surface area (Å²) < 4.78 is 5.16. The molecule has 1 amide bonds. The first-order valence-corrected chi connectivity index (χ1v) is 5.84. The molecule has 1 aliphatic heterocycles. The summed E-state index contributed by atoms with van der Waals surface area (Å²) in [5, 5.41) is 9.21. The minimum atomic E-state index is -1.05. The summed E-state index contributed by atoms with van der Waals surface area (Å²) in [6, 6.07) is 8.55. The van der Waals surface area contributed by atoms with Gasteiger partial charge in [-0.25, -0.2) is 4.79 Å². The highest BCUT2D eigenvalue weighted by Gasteiger charge is 2.40. The summed E-state index contributed by atoms with van der Waals surface area (Å²) in [5.41, 5.74) is 0.778. The Labute approximate surface area is 105 Å². The van der Waals surface area contributed by atoms with Crippen molar-refractivity contribution in [1.29, 1.82) is 0 Å². The van der Waals surface area contributed by atoms with E-state index >= 15 is 0 Å². The Hall–Kier alpha value is -1.88. The van der Waals surface area contributed by atoms with Crippen molar-refractivity contribution in [3.63, 3.8) is 0 Å². The van der Waals surface area contributed by atoms with Gasteiger partial charge in [0.15, 0.2) is 6.10 Å².